The van der Waals surface area contributed by atoms with Gasteiger partial charge in [0.05, 0.1) is 0 Å². The van der Waals surface area contributed by atoms with Crippen molar-refractivity contribution in [3.8, 4) is 0 Å². The van der Waals surface area contributed by atoms with Gasteiger partial charge in [0.1, 0.15) is 5.60 Å². The third kappa shape index (κ3) is 2.81. The molecule has 1 fully saturated rings. The second-order valence-electron chi connectivity index (χ2n) is 5.32. The molecule has 2 aromatic heterocycles. The molecule has 20 heavy (non-hydrogen) atoms. The molecule has 2 nitrogen and oxygen atoms in total. The molecule has 3 rings (SSSR count). The molecule has 2 aromatic rings. The van der Waals surface area contributed by atoms with E-state index in [4.69, 9.17) is 0 Å². The van der Waals surface area contributed by atoms with Crippen LogP contribution in [0.1, 0.15) is 22.6 Å². The Hall–Kier alpha value is -0.390. The van der Waals surface area contributed by atoms with E-state index in [1.165, 1.54) is 6.42 Å². The lowest BCUT2D eigenvalue weighted by molar-refractivity contribution is -0.00942. The van der Waals surface area contributed by atoms with Gasteiger partial charge in [-0.15, -0.1) is 35.1 Å². The van der Waals surface area contributed by atoms with Crippen LogP contribution in [0.3, 0.4) is 0 Å². The van der Waals surface area contributed by atoms with Crippen LogP contribution < -0.4 is 0 Å². The van der Waals surface area contributed by atoms with E-state index in [0.717, 1.165) is 29.3 Å². The van der Waals surface area contributed by atoms with Gasteiger partial charge in [-0.1, -0.05) is 12.1 Å². The molecule has 110 valence electrons. The highest BCUT2D eigenvalue weighted by atomic mass is 35.5. The molecule has 1 aliphatic rings. The lowest BCUT2D eigenvalue weighted by Gasteiger charge is -2.40. The SMILES string of the molecule is CN1CCCC(C(O)(c2cccs2)c2cccs2)C1.Cl. The summed E-state index contributed by atoms with van der Waals surface area (Å²) in [6, 6.07) is 8.20. The summed E-state index contributed by atoms with van der Waals surface area (Å²) in [5.74, 6) is 0.281. The molecule has 1 aliphatic heterocycles. The second-order valence-corrected chi connectivity index (χ2v) is 7.22. The van der Waals surface area contributed by atoms with E-state index in [-0.39, 0.29) is 18.3 Å². The number of piperidine rings is 1. The van der Waals surface area contributed by atoms with Gasteiger partial charge < -0.3 is 10.0 Å². The largest absolute Gasteiger partial charge is 0.378 e. The maximum Gasteiger partial charge on any atom is 0.137 e. The Morgan fingerprint density at radius 1 is 1.20 bits per heavy atom. The summed E-state index contributed by atoms with van der Waals surface area (Å²) < 4.78 is 0. The Morgan fingerprint density at radius 3 is 2.25 bits per heavy atom. The predicted octanol–water partition coefficient (Wildman–Crippen LogP) is 3.81. The highest BCUT2D eigenvalue weighted by Gasteiger charge is 2.43. The van der Waals surface area contributed by atoms with Gasteiger partial charge in [-0.3, -0.25) is 0 Å². The summed E-state index contributed by atoms with van der Waals surface area (Å²) in [6.45, 7) is 2.10. The van der Waals surface area contributed by atoms with E-state index in [9.17, 15) is 5.11 Å². The number of likely N-dealkylation sites (tertiary alicyclic amines) is 1. The summed E-state index contributed by atoms with van der Waals surface area (Å²) in [4.78, 5) is 4.49. The number of hydrogen-bond acceptors (Lipinski definition) is 4. The molecule has 1 unspecified atom stereocenters. The van der Waals surface area contributed by atoms with Gasteiger partial charge >= 0.3 is 0 Å². The van der Waals surface area contributed by atoms with Crippen LogP contribution in [-0.4, -0.2) is 30.1 Å². The smallest absolute Gasteiger partial charge is 0.137 e. The topological polar surface area (TPSA) is 23.5 Å². The highest BCUT2D eigenvalue weighted by Crippen LogP contribution is 2.44. The van der Waals surface area contributed by atoms with E-state index in [2.05, 4.69) is 34.8 Å². The molecule has 1 saturated heterocycles. The normalized spacial score (nSPS) is 20.6. The van der Waals surface area contributed by atoms with Gasteiger partial charge in [0.15, 0.2) is 0 Å². The molecule has 5 heteroatoms. The summed E-state index contributed by atoms with van der Waals surface area (Å²) >= 11 is 3.32. The fraction of sp³-hybridized carbons (Fsp3) is 0.467. The third-order valence-corrected chi connectivity index (χ3v) is 6.00. The summed E-state index contributed by atoms with van der Waals surface area (Å²) in [5, 5.41) is 15.6. The molecule has 0 aromatic carbocycles. The molecule has 0 spiro atoms. The number of nitrogens with zero attached hydrogens (tertiary/aromatic N) is 1. The minimum Gasteiger partial charge on any atom is -0.378 e. The van der Waals surface area contributed by atoms with Crippen molar-refractivity contribution in [2.75, 3.05) is 20.1 Å². The monoisotopic (exact) mass is 329 g/mol. The molecule has 0 aliphatic carbocycles. The lowest BCUT2D eigenvalue weighted by Crippen LogP contribution is -2.44. The molecule has 3 heterocycles. The van der Waals surface area contributed by atoms with Crippen LogP contribution >= 0.6 is 35.1 Å². The molecule has 0 bridgehead atoms. The van der Waals surface area contributed by atoms with Gasteiger partial charge in [-0.2, -0.15) is 0 Å². The first-order valence-electron chi connectivity index (χ1n) is 6.70. The van der Waals surface area contributed by atoms with Gasteiger partial charge in [-0.25, -0.2) is 0 Å². The molecule has 0 radical (unpaired) electrons. The Labute approximate surface area is 134 Å². The molecule has 1 N–H and O–H groups in total. The van der Waals surface area contributed by atoms with Crippen molar-refractivity contribution in [2.24, 2.45) is 5.92 Å². The van der Waals surface area contributed by atoms with Crippen LogP contribution in [-0.2, 0) is 5.60 Å². The molecular formula is C15H20ClNOS2. The van der Waals surface area contributed by atoms with Crippen molar-refractivity contribution in [2.45, 2.75) is 18.4 Å². The zero-order valence-electron chi connectivity index (χ0n) is 11.5. The zero-order chi connectivity index (χ0) is 13.3. The lowest BCUT2D eigenvalue weighted by atomic mass is 9.79. The van der Waals surface area contributed by atoms with Crippen LogP contribution in [0.2, 0.25) is 0 Å². The average Bonchev–Trinajstić information content (AvgIpc) is 3.11. The minimum atomic E-state index is -0.809. The van der Waals surface area contributed by atoms with Gasteiger partial charge in [0.25, 0.3) is 0 Å². The third-order valence-electron chi connectivity index (χ3n) is 4.01. The maximum absolute atomic E-state index is 11.5. The molecule has 1 atom stereocenters. The predicted molar refractivity (Wildman–Crippen MR) is 89.1 cm³/mol. The van der Waals surface area contributed by atoms with Crippen LogP contribution in [0.4, 0.5) is 0 Å². The van der Waals surface area contributed by atoms with Crippen molar-refractivity contribution in [1.82, 2.24) is 4.90 Å². The van der Waals surface area contributed by atoms with E-state index in [0.29, 0.717) is 0 Å². The fourth-order valence-corrected chi connectivity index (χ4v) is 4.92. The van der Waals surface area contributed by atoms with Crippen molar-refractivity contribution in [3.63, 3.8) is 0 Å². The summed E-state index contributed by atoms with van der Waals surface area (Å²) in [5.41, 5.74) is -0.809. The Morgan fingerprint density at radius 2 is 1.80 bits per heavy atom. The number of aliphatic hydroxyl groups is 1. The Balaban J connectivity index is 0.00000147. The van der Waals surface area contributed by atoms with Gasteiger partial charge in [-0.05, 0) is 49.3 Å². The molecule has 0 amide bonds. The first-order chi connectivity index (χ1) is 9.21. The number of hydrogen-bond donors (Lipinski definition) is 1. The Bertz CT molecular complexity index is 478. The number of thiophene rings is 2. The quantitative estimate of drug-likeness (QED) is 0.925. The average molecular weight is 330 g/mol. The van der Waals surface area contributed by atoms with Crippen LogP contribution in [0.15, 0.2) is 35.0 Å². The highest BCUT2D eigenvalue weighted by molar-refractivity contribution is 7.11. The van der Waals surface area contributed by atoms with Gasteiger partial charge in [0, 0.05) is 22.2 Å². The molecular weight excluding hydrogens is 310 g/mol. The minimum absolute atomic E-state index is 0. The summed E-state index contributed by atoms with van der Waals surface area (Å²) in [7, 11) is 2.15. The van der Waals surface area contributed by atoms with E-state index in [1.807, 2.05) is 12.1 Å². The van der Waals surface area contributed by atoms with Crippen LogP contribution in [0, 0.1) is 5.92 Å². The standard InChI is InChI=1S/C15H19NOS2.ClH/c1-16-8-2-5-12(11-16)15(17,13-6-3-9-18-13)14-7-4-10-19-14;/h3-4,6-7,9-10,12,17H,2,5,8,11H2,1H3;1H. The van der Waals surface area contributed by atoms with Crippen LogP contribution in [0.25, 0.3) is 0 Å². The van der Waals surface area contributed by atoms with Crippen LogP contribution in [0.5, 0.6) is 0 Å². The fourth-order valence-electron chi connectivity index (χ4n) is 3.02. The maximum atomic E-state index is 11.5. The Kier molecular flexibility index (Phi) is 5.26. The van der Waals surface area contributed by atoms with E-state index >= 15 is 0 Å². The van der Waals surface area contributed by atoms with Gasteiger partial charge in [0.2, 0.25) is 0 Å². The van der Waals surface area contributed by atoms with Crippen molar-refractivity contribution >= 4 is 35.1 Å². The number of halogens is 1. The number of rotatable bonds is 3. The van der Waals surface area contributed by atoms with Crippen molar-refractivity contribution in [3.05, 3.63) is 44.8 Å². The summed E-state index contributed by atoms with van der Waals surface area (Å²) in [6.07, 6.45) is 2.26. The first-order valence-corrected chi connectivity index (χ1v) is 8.46. The first kappa shape index (κ1) is 16.0. The van der Waals surface area contributed by atoms with Crippen molar-refractivity contribution < 1.29 is 5.11 Å². The van der Waals surface area contributed by atoms with Crippen molar-refractivity contribution in [1.29, 1.82) is 0 Å². The van der Waals surface area contributed by atoms with E-state index < -0.39 is 5.60 Å². The zero-order valence-corrected chi connectivity index (χ0v) is 13.9. The second kappa shape index (κ2) is 6.58. The molecule has 0 saturated carbocycles. The van der Waals surface area contributed by atoms with E-state index in [1.54, 1.807) is 22.7 Å².